The van der Waals surface area contributed by atoms with Gasteiger partial charge in [-0.25, -0.2) is 0 Å². The van der Waals surface area contributed by atoms with Crippen molar-refractivity contribution in [3.8, 4) is 0 Å². The van der Waals surface area contributed by atoms with Crippen LogP contribution in [0.25, 0.3) is 0 Å². The molecule has 2 aliphatic carbocycles. The van der Waals surface area contributed by atoms with E-state index in [0.29, 0.717) is 18.4 Å². The summed E-state index contributed by atoms with van der Waals surface area (Å²) in [5.74, 6) is 0.671. The molecule has 20 heavy (non-hydrogen) atoms. The molecule has 5 nitrogen and oxygen atoms in total. The number of carbonyl (C=O) groups is 2. The summed E-state index contributed by atoms with van der Waals surface area (Å²) in [6.45, 7) is 4.63. The molecule has 2 heterocycles. The van der Waals surface area contributed by atoms with E-state index < -0.39 is 0 Å². The molecule has 0 unspecified atom stereocenters. The molecule has 4 rings (SSSR count). The Hall–Kier alpha value is -1.20. The predicted octanol–water partition coefficient (Wildman–Crippen LogP) is 0.126. The van der Waals surface area contributed by atoms with Gasteiger partial charge in [-0.05, 0) is 18.3 Å². The summed E-state index contributed by atoms with van der Waals surface area (Å²) in [4.78, 5) is 28.8. The van der Waals surface area contributed by atoms with Gasteiger partial charge in [0.1, 0.15) is 0 Å². The van der Waals surface area contributed by atoms with Gasteiger partial charge in [-0.1, -0.05) is 12.2 Å². The number of morpholine rings is 1. The van der Waals surface area contributed by atoms with E-state index in [9.17, 15) is 9.59 Å². The van der Waals surface area contributed by atoms with Gasteiger partial charge in [0.25, 0.3) is 0 Å². The molecule has 1 saturated carbocycles. The molecular formula is C15H20N2O3. The zero-order valence-electron chi connectivity index (χ0n) is 11.5. The van der Waals surface area contributed by atoms with Crippen molar-refractivity contribution in [2.45, 2.75) is 6.42 Å². The van der Waals surface area contributed by atoms with Crippen molar-refractivity contribution < 1.29 is 14.3 Å². The van der Waals surface area contributed by atoms with E-state index in [2.05, 4.69) is 17.1 Å². The fraction of sp³-hybridized carbons (Fsp3) is 0.733. The van der Waals surface area contributed by atoms with Crippen molar-refractivity contribution in [2.24, 2.45) is 23.7 Å². The number of rotatable bonds is 3. The van der Waals surface area contributed by atoms with Crippen LogP contribution in [0.1, 0.15) is 6.42 Å². The third-order valence-corrected chi connectivity index (χ3v) is 5.31. The first-order valence-electron chi connectivity index (χ1n) is 7.59. The molecule has 0 aromatic rings. The lowest BCUT2D eigenvalue weighted by Crippen LogP contribution is -2.43. The van der Waals surface area contributed by atoms with Gasteiger partial charge >= 0.3 is 0 Å². The number of hydrogen-bond donors (Lipinski definition) is 0. The van der Waals surface area contributed by atoms with Crippen LogP contribution in [0.15, 0.2) is 12.2 Å². The van der Waals surface area contributed by atoms with Gasteiger partial charge in [-0.15, -0.1) is 0 Å². The van der Waals surface area contributed by atoms with Crippen LogP contribution in [0.2, 0.25) is 0 Å². The molecule has 0 radical (unpaired) electrons. The highest BCUT2D eigenvalue weighted by molar-refractivity contribution is 6.06. The SMILES string of the molecule is O=C1[C@@H]2[C@@H](C(=O)N1CCN1CCOCC1)[C@H]1C=C[C@H]2C1. The Morgan fingerprint density at radius 3 is 2.20 bits per heavy atom. The zero-order chi connectivity index (χ0) is 13.7. The summed E-state index contributed by atoms with van der Waals surface area (Å²) in [5.41, 5.74) is 0. The van der Waals surface area contributed by atoms with Crippen LogP contribution in [-0.2, 0) is 14.3 Å². The maximum Gasteiger partial charge on any atom is 0.233 e. The first kappa shape index (κ1) is 12.5. The Bertz CT molecular complexity index is 440. The number of fused-ring (bicyclic) bond motifs is 5. The van der Waals surface area contributed by atoms with E-state index in [1.165, 1.54) is 4.90 Å². The smallest absolute Gasteiger partial charge is 0.233 e. The highest BCUT2D eigenvalue weighted by Crippen LogP contribution is 2.52. The molecular weight excluding hydrogens is 256 g/mol. The third-order valence-electron chi connectivity index (χ3n) is 5.31. The molecule has 0 aromatic carbocycles. The average Bonchev–Trinajstić information content (AvgIpc) is 3.13. The summed E-state index contributed by atoms with van der Waals surface area (Å²) in [5, 5.41) is 0. The molecule has 0 aromatic heterocycles. The van der Waals surface area contributed by atoms with Gasteiger partial charge in [0, 0.05) is 26.2 Å². The summed E-state index contributed by atoms with van der Waals surface area (Å²) >= 11 is 0. The Kier molecular flexibility index (Phi) is 2.93. The van der Waals surface area contributed by atoms with Crippen molar-refractivity contribution in [3.63, 3.8) is 0 Å². The molecule has 2 bridgehead atoms. The second-order valence-electron chi connectivity index (χ2n) is 6.28. The minimum Gasteiger partial charge on any atom is -0.379 e. The van der Waals surface area contributed by atoms with Crippen LogP contribution in [0.5, 0.6) is 0 Å². The first-order chi connectivity index (χ1) is 9.75. The summed E-state index contributed by atoms with van der Waals surface area (Å²) < 4.78 is 5.31. The molecule has 0 spiro atoms. The summed E-state index contributed by atoms with van der Waals surface area (Å²) in [6, 6.07) is 0. The molecule has 3 fully saturated rings. The van der Waals surface area contributed by atoms with Gasteiger partial charge in [0.15, 0.2) is 0 Å². The Morgan fingerprint density at radius 1 is 1.00 bits per heavy atom. The van der Waals surface area contributed by atoms with Gasteiger partial charge in [-0.3, -0.25) is 19.4 Å². The van der Waals surface area contributed by atoms with Crippen LogP contribution in [-0.4, -0.2) is 61.0 Å². The van der Waals surface area contributed by atoms with E-state index in [1.54, 1.807) is 0 Å². The Balaban J connectivity index is 1.42. The number of nitrogens with zero attached hydrogens (tertiary/aromatic N) is 2. The van der Waals surface area contributed by atoms with Crippen molar-refractivity contribution in [1.29, 1.82) is 0 Å². The zero-order valence-corrected chi connectivity index (χ0v) is 11.5. The fourth-order valence-corrected chi connectivity index (χ4v) is 4.25. The van der Waals surface area contributed by atoms with E-state index in [1.807, 2.05) is 0 Å². The van der Waals surface area contributed by atoms with E-state index in [4.69, 9.17) is 4.74 Å². The molecule has 2 saturated heterocycles. The topological polar surface area (TPSA) is 49.9 Å². The Labute approximate surface area is 118 Å². The maximum absolute atomic E-state index is 12.5. The maximum atomic E-state index is 12.5. The van der Waals surface area contributed by atoms with Crippen molar-refractivity contribution in [1.82, 2.24) is 9.80 Å². The standard InChI is InChI=1S/C15H20N2O3/c18-14-12-10-1-2-11(9-10)13(12)15(19)17(14)4-3-16-5-7-20-8-6-16/h1-2,10-13H,3-9H2/t10-,11-,12-,13-/m0/s1. The fourth-order valence-electron chi connectivity index (χ4n) is 4.25. The number of amides is 2. The van der Waals surface area contributed by atoms with Crippen LogP contribution in [0, 0.1) is 23.7 Å². The molecule has 2 amide bonds. The average molecular weight is 276 g/mol. The van der Waals surface area contributed by atoms with Gasteiger partial charge in [0.05, 0.1) is 25.0 Å². The number of ether oxygens (including phenoxy) is 1. The number of likely N-dealkylation sites (tertiary alicyclic amines) is 1. The third kappa shape index (κ3) is 1.76. The number of allylic oxidation sites excluding steroid dienone is 2. The quantitative estimate of drug-likeness (QED) is 0.543. The number of carbonyl (C=O) groups excluding carboxylic acids is 2. The molecule has 2 aliphatic heterocycles. The lowest BCUT2D eigenvalue weighted by atomic mass is 9.85. The van der Waals surface area contributed by atoms with Crippen molar-refractivity contribution in [3.05, 3.63) is 12.2 Å². The monoisotopic (exact) mass is 276 g/mol. The van der Waals surface area contributed by atoms with Gasteiger partial charge in [0.2, 0.25) is 11.8 Å². The van der Waals surface area contributed by atoms with Gasteiger partial charge < -0.3 is 4.74 Å². The second-order valence-corrected chi connectivity index (χ2v) is 6.28. The van der Waals surface area contributed by atoms with E-state index >= 15 is 0 Å². The molecule has 5 heteroatoms. The highest BCUT2D eigenvalue weighted by Gasteiger charge is 2.58. The predicted molar refractivity (Wildman–Crippen MR) is 71.7 cm³/mol. The van der Waals surface area contributed by atoms with E-state index in [-0.39, 0.29) is 23.7 Å². The summed E-state index contributed by atoms with van der Waals surface area (Å²) in [7, 11) is 0. The van der Waals surface area contributed by atoms with Crippen LogP contribution in [0.4, 0.5) is 0 Å². The largest absolute Gasteiger partial charge is 0.379 e. The van der Waals surface area contributed by atoms with Gasteiger partial charge in [-0.2, -0.15) is 0 Å². The van der Waals surface area contributed by atoms with Crippen LogP contribution < -0.4 is 0 Å². The second kappa shape index (κ2) is 4.67. The normalized spacial score (nSPS) is 39.9. The molecule has 108 valence electrons. The molecule has 0 N–H and O–H groups in total. The molecule has 4 atom stereocenters. The molecule has 4 aliphatic rings. The van der Waals surface area contributed by atoms with E-state index in [0.717, 1.165) is 39.3 Å². The lowest BCUT2D eigenvalue weighted by molar-refractivity contribution is -0.141. The van der Waals surface area contributed by atoms with Crippen LogP contribution in [0.3, 0.4) is 0 Å². The highest BCUT2D eigenvalue weighted by atomic mass is 16.5. The minimum atomic E-state index is -0.0535. The first-order valence-corrected chi connectivity index (χ1v) is 7.59. The minimum absolute atomic E-state index is 0.0535. The van der Waals surface area contributed by atoms with Crippen LogP contribution >= 0.6 is 0 Å². The number of hydrogen-bond acceptors (Lipinski definition) is 4. The van der Waals surface area contributed by atoms with Crippen molar-refractivity contribution >= 4 is 11.8 Å². The lowest BCUT2D eigenvalue weighted by Gasteiger charge is -2.28. The van der Waals surface area contributed by atoms with Crippen molar-refractivity contribution in [2.75, 3.05) is 39.4 Å². The number of imide groups is 1. The summed E-state index contributed by atoms with van der Waals surface area (Å²) in [6.07, 6.45) is 5.29. The Morgan fingerprint density at radius 2 is 1.60 bits per heavy atom.